The molecule has 0 spiro atoms. The van der Waals surface area contributed by atoms with E-state index in [0.717, 1.165) is 0 Å². The number of amides is 2. The normalized spacial score (nSPS) is 14.8. The van der Waals surface area contributed by atoms with Crippen LogP contribution in [0.1, 0.15) is 33.6 Å². The lowest BCUT2D eigenvalue weighted by atomic mass is 10.0. The Balaban J connectivity index is 4.57. The van der Waals surface area contributed by atoms with Crippen molar-refractivity contribution < 1.29 is 29.4 Å². The molecule has 0 aliphatic rings. The Kier molecular flexibility index (Phi) is 8.10. The molecule has 9 nitrogen and oxygen atoms in total. The van der Waals surface area contributed by atoms with Crippen LogP contribution in [0.5, 0.6) is 0 Å². The fourth-order valence-electron chi connectivity index (χ4n) is 1.50. The Hall–Kier alpha value is -2.16. The molecule has 2 amide bonds. The first-order chi connectivity index (χ1) is 10.1. The molecule has 0 aliphatic heterocycles. The van der Waals surface area contributed by atoms with Crippen molar-refractivity contribution in [2.75, 3.05) is 0 Å². The van der Waals surface area contributed by atoms with Gasteiger partial charge in [-0.2, -0.15) is 0 Å². The fraction of sp³-hybridized carbons (Fsp3) is 0.692. The van der Waals surface area contributed by atoms with Crippen LogP contribution < -0.4 is 16.4 Å². The number of rotatable bonds is 9. The van der Waals surface area contributed by atoms with Crippen molar-refractivity contribution in [3.63, 3.8) is 0 Å². The molecule has 0 heterocycles. The summed E-state index contributed by atoms with van der Waals surface area (Å²) in [5.41, 5.74) is 5.64. The van der Waals surface area contributed by atoms with Crippen LogP contribution in [0.4, 0.5) is 0 Å². The van der Waals surface area contributed by atoms with E-state index in [1.165, 1.54) is 6.92 Å². The van der Waals surface area contributed by atoms with E-state index in [-0.39, 0.29) is 12.3 Å². The number of carbonyl (C=O) groups is 4. The topological polar surface area (TPSA) is 159 Å². The van der Waals surface area contributed by atoms with E-state index in [1.807, 2.05) is 0 Å². The summed E-state index contributed by atoms with van der Waals surface area (Å²) in [5, 5.41) is 22.1. The Morgan fingerprint density at radius 2 is 1.55 bits per heavy atom. The average Bonchev–Trinajstić information content (AvgIpc) is 2.41. The second kappa shape index (κ2) is 8.98. The summed E-state index contributed by atoms with van der Waals surface area (Å²) in [6.07, 6.45) is -0.640. The highest BCUT2D eigenvalue weighted by Gasteiger charge is 2.26. The molecule has 126 valence electrons. The van der Waals surface area contributed by atoms with E-state index in [9.17, 15) is 19.2 Å². The average molecular weight is 317 g/mol. The van der Waals surface area contributed by atoms with Gasteiger partial charge in [0.05, 0.1) is 6.04 Å². The highest BCUT2D eigenvalue weighted by molar-refractivity contribution is 5.91. The van der Waals surface area contributed by atoms with Crippen molar-refractivity contribution in [1.29, 1.82) is 0 Å². The smallest absolute Gasteiger partial charge is 0.326 e. The van der Waals surface area contributed by atoms with Gasteiger partial charge in [0.1, 0.15) is 12.1 Å². The van der Waals surface area contributed by atoms with Crippen molar-refractivity contribution in [2.24, 2.45) is 11.7 Å². The van der Waals surface area contributed by atoms with Crippen LogP contribution >= 0.6 is 0 Å². The maximum absolute atomic E-state index is 11.9. The Morgan fingerprint density at radius 3 is 1.95 bits per heavy atom. The molecular weight excluding hydrogens is 294 g/mol. The lowest BCUT2D eigenvalue weighted by Gasteiger charge is -2.21. The molecule has 0 aromatic rings. The highest BCUT2D eigenvalue weighted by Crippen LogP contribution is 2.01. The molecule has 0 saturated carbocycles. The minimum Gasteiger partial charge on any atom is -0.481 e. The third-order valence-electron chi connectivity index (χ3n) is 3.03. The summed E-state index contributed by atoms with van der Waals surface area (Å²) in [5.74, 6) is -3.86. The van der Waals surface area contributed by atoms with Gasteiger partial charge in [0.2, 0.25) is 11.8 Å². The van der Waals surface area contributed by atoms with Gasteiger partial charge in [-0.05, 0) is 19.3 Å². The summed E-state index contributed by atoms with van der Waals surface area (Å²) < 4.78 is 0. The van der Waals surface area contributed by atoms with E-state index < -0.39 is 48.3 Å². The van der Waals surface area contributed by atoms with Crippen LogP contribution in [0.15, 0.2) is 0 Å². The number of hydrogen-bond donors (Lipinski definition) is 5. The summed E-state index contributed by atoms with van der Waals surface area (Å²) in [6, 6.07) is -3.09. The monoisotopic (exact) mass is 317 g/mol. The van der Waals surface area contributed by atoms with E-state index in [4.69, 9.17) is 15.9 Å². The van der Waals surface area contributed by atoms with Gasteiger partial charge in [0.15, 0.2) is 0 Å². The fourth-order valence-corrected chi connectivity index (χ4v) is 1.50. The lowest BCUT2D eigenvalue weighted by Crippen LogP contribution is -2.54. The quantitative estimate of drug-likeness (QED) is 0.361. The molecule has 22 heavy (non-hydrogen) atoms. The molecule has 0 fully saturated rings. The number of hydrogen-bond acceptors (Lipinski definition) is 5. The van der Waals surface area contributed by atoms with Crippen LogP contribution in [-0.4, -0.2) is 52.1 Å². The van der Waals surface area contributed by atoms with Gasteiger partial charge >= 0.3 is 11.9 Å². The van der Waals surface area contributed by atoms with Gasteiger partial charge in [-0.25, -0.2) is 4.79 Å². The maximum atomic E-state index is 11.9. The summed E-state index contributed by atoms with van der Waals surface area (Å²) in [7, 11) is 0. The number of carboxylic acid groups (broad SMARTS) is 2. The number of carboxylic acids is 2. The molecule has 0 aromatic carbocycles. The molecule has 0 bridgehead atoms. The minimum atomic E-state index is -1.34. The molecule has 0 aromatic heterocycles. The highest BCUT2D eigenvalue weighted by atomic mass is 16.4. The Labute approximate surface area is 128 Å². The molecule has 9 heteroatoms. The molecule has 0 unspecified atom stereocenters. The Bertz CT molecular complexity index is 437. The van der Waals surface area contributed by atoms with Gasteiger partial charge < -0.3 is 26.6 Å². The zero-order chi connectivity index (χ0) is 17.4. The van der Waals surface area contributed by atoms with Crippen LogP contribution in [0.25, 0.3) is 0 Å². The molecule has 0 saturated heterocycles. The van der Waals surface area contributed by atoms with E-state index in [2.05, 4.69) is 10.6 Å². The van der Waals surface area contributed by atoms with E-state index >= 15 is 0 Å². The molecule has 6 N–H and O–H groups in total. The largest absolute Gasteiger partial charge is 0.481 e. The maximum Gasteiger partial charge on any atom is 0.326 e. The number of aliphatic carboxylic acids is 2. The van der Waals surface area contributed by atoms with Gasteiger partial charge in [0.25, 0.3) is 0 Å². The second-order valence-corrected chi connectivity index (χ2v) is 5.33. The lowest BCUT2D eigenvalue weighted by molar-refractivity contribution is -0.143. The zero-order valence-corrected chi connectivity index (χ0v) is 12.8. The van der Waals surface area contributed by atoms with Gasteiger partial charge in [-0.15, -0.1) is 0 Å². The van der Waals surface area contributed by atoms with Crippen molar-refractivity contribution in [3.05, 3.63) is 0 Å². The molecule has 0 rings (SSSR count). The number of nitrogens with two attached hydrogens (primary N) is 1. The van der Waals surface area contributed by atoms with Crippen molar-refractivity contribution in [1.82, 2.24) is 10.6 Å². The standard InChI is InChI=1S/C13H23N3O6/c1-6(2)10(14)12(20)15-7(3)11(19)16-8(13(21)22)4-5-9(17)18/h6-8,10H,4-5,14H2,1-3H3,(H,15,20)(H,16,19)(H,17,18)(H,21,22)/t7-,8-,10-/m0/s1. The Morgan fingerprint density at radius 1 is 1.00 bits per heavy atom. The first-order valence-corrected chi connectivity index (χ1v) is 6.87. The SMILES string of the molecule is CC(C)[C@H](N)C(=O)N[C@@H](C)C(=O)N[C@@H](CCC(=O)O)C(=O)O. The predicted molar refractivity (Wildman–Crippen MR) is 76.9 cm³/mol. The third kappa shape index (κ3) is 7.02. The second-order valence-electron chi connectivity index (χ2n) is 5.33. The van der Waals surface area contributed by atoms with Crippen LogP contribution in [0, 0.1) is 5.92 Å². The van der Waals surface area contributed by atoms with Crippen LogP contribution in [0.3, 0.4) is 0 Å². The van der Waals surface area contributed by atoms with Crippen LogP contribution in [-0.2, 0) is 19.2 Å². The minimum absolute atomic E-state index is 0.113. The molecular formula is C13H23N3O6. The van der Waals surface area contributed by atoms with E-state index in [1.54, 1.807) is 13.8 Å². The van der Waals surface area contributed by atoms with Gasteiger partial charge in [-0.1, -0.05) is 13.8 Å². The molecule has 0 radical (unpaired) electrons. The first kappa shape index (κ1) is 19.8. The van der Waals surface area contributed by atoms with E-state index in [0.29, 0.717) is 0 Å². The zero-order valence-electron chi connectivity index (χ0n) is 12.8. The van der Waals surface area contributed by atoms with Crippen LogP contribution in [0.2, 0.25) is 0 Å². The number of carbonyl (C=O) groups excluding carboxylic acids is 2. The van der Waals surface area contributed by atoms with Crippen molar-refractivity contribution >= 4 is 23.8 Å². The number of nitrogens with one attached hydrogen (secondary N) is 2. The predicted octanol–water partition coefficient (Wildman–Crippen LogP) is -1.09. The summed E-state index contributed by atoms with van der Waals surface area (Å²) >= 11 is 0. The van der Waals surface area contributed by atoms with Gasteiger partial charge in [-0.3, -0.25) is 14.4 Å². The van der Waals surface area contributed by atoms with Crippen molar-refractivity contribution in [2.45, 2.75) is 51.7 Å². The summed E-state index contributed by atoms with van der Waals surface area (Å²) in [6.45, 7) is 4.89. The molecule has 0 aliphatic carbocycles. The van der Waals surface area contributed by atoms with Gasteiger partial charge in [0, 0.05) is 6.42 Å². The molecule has 3 atom stereocenters. The third-order valence-corrected chi connectivity index (χ3v) is 3.03. The summed E-state index contributed by atoms with van der Waals surface area (Å²) in [4.78, 5) is 45.0. The first-order valence-electron chi connectivity index (χ1n) is 6.87. The van der Waals surface area contributed by atoms with Crippen molar-refractivity contribution in [3.8, 4) is 0 Å².